The van der Waals surface area contributed by atoms with Gasteiger partial charge in [-0.1, -0.05) is 49.7 Å². The van der Waals surface area contributed by atoms with Crippen LogP contribution in [0.4, 0.5) is 4.79 Å². The van der Waals surface area contributed by atoms with Crippen LogP contribution in [0.3, 0.4) is 0 Å². The first-order chi connectivity index (χ1) is 13.8. The molecule has 1 fully saturated rings. The number of carbonyl (C=O) groups excluding carboxylic acids is 2. The van der Waals surface area contributed by atoms with Gasteiger partial charge in [0, 0.05) is 0 Å². The lowest BCUT2D eigenvalue weighted by Gasteiger charge is -2.23. The van der Waals surface area contributed by atoms with Gasteiger partial charge in [0.1, 0.15) is 18.8 Å². The molecule has 7 heteroatoms. The Balaban J connectivity index is 1.59. The number of urea groups is 1. The maximum atomic E-state index is 13.2. The van der Waals surface area contributed by atoms with Crippen LogP contribution in [0.1, 0.15) is 43.4 Å². The van der Waals surface area contributed by atoms with Crippen LogP contribution >= 0.6 is 11.6 Å². The number of ether oxygens (including phenoxy) is 2. The Morgan fingerprint density at radius 2 is 1.83 bits per heavy atom. The van der Waals surface area contributed by atoms with Crippen molar-refractivity contribution in [3.05, 3.63) is 58.1 Å². The predicted molar refractivity (Wildman–Crippen MR) is 109 cm³/mol. The van der Waals surface area contributed by atoms with E-state index >= 15 is 0 Å². The number of hydrogen-bond donors (Lipinski definition) is 1. The van der Waals surface area contributed by atoms with Crippen molar-refractivity contribution in [2.24, 2.45) is 0 Å². The van der Waals surface area contributed by atoms with Crippen LogP contribution in [-0.4, -0.2) is 30.1 Å². The number of carbonyl (C=O) groups is 2. The summed E-state index contributed by atoms with van der Waals surface area (Å²) in [5.74, 6) is 1.11. The van der Waals surface area contributed by atoms with Crippen LogP contribution in [0.15, 0.2) is 36.4 Å². The van der Waals surface area contributed by atoms with Gasteiger partial charge < -0.3 is 14.8 Å². The number of hydrogen-bond acceptors (Lipinski definition) is 4. The fourth-order valence-corrected chi connectivity index (χ4v) is 3.96. The van der Waals surface area contributed by atoms with E-state index in [4.69, 9.17) is 21.1 Å². The number of benzene rings is 2. The highest BCUT2D eigenvalue weighted by Crippen LogP contribution is 2.39. The van der Waals surface area contributed by atoms with E-state index in [1.165, 1.54) is 10.5 Å². The quantitative estimate of drug-likeness (QED) is 0.761. The van der Waals surface area contributed by atoms with Gasteiger partial charge >= 0.3 is 6.03 Å². The molecule has 1 N–H and O–H groups in total. The molecule has 29 heavy (non-hydrogen) atoms. The summed E-state index contributed by atoms with van der Waals surface area (Å²) in [6, 6.07) is 10.8. The molecule has 2 aliphatic rings. The molecule has 2 aromatic carbocycles. The third-order valence-corrected chi connectivity index (χ3v) is 5.71. The van der Waals surface area contributed by atoms with Gasteiger partial charge in [-0.2, -0.15) is 0 Å². The zero-order chi connectivity index (χ0) is 20.8. The standard InChI is InChI=1S/C22H23ClN2O4/c1-13(2)15-4-6-16(7-5-15)22(3)20(26)25(21(27)24-22)12-14-10-17(23)19-18(11-14)28-8-9-29-19/h4-7,10-11,13H,8-9,12H2,1-3H3,(H,24,27)/t22-/m0/s1. The van der Waals surface area contributed by atoms with Crippen LogP contribution in [0.2, 0.25) is 5.02 Å². The number of nitrogens with one attached hydrogen (secondary N) is 1. The first-order valence-corrected chi connectivity index (χ1v) is 10.00. The second-order valence-corrected chi connectivity index (χ2v) is 8.23. The Bertz CT molecular complexity index is 974. The first-order valence-electron chi connectivity index (χ1n) is 9.62. The van der Waals surface area contributed by atoms with Crippen molar-refractivity contribution >= 4 is 23.5 Å². The molecule has 0 aromatic heterocycles. The van der Waals surface area contributed by atoms with E-state index in [0.29, 0.717) is 41.2 Å². The van der Waals surface area contributed by atoms with Crippen LogP contribution in [-0.2, 0) is 16.9 Å². The van der Waals surface area contributed by atoms with Crippen LogP contribution < -0.4 is 14.8 Å². The molecular formula is C22H23ClN2O4. The number of fused-ring (bicyclic) bond motifs is 1. The van der Waals surface area contributed by atoms with Gasteiger partial charge in [-0.3, -0.25) is 9.69 Å². The van der Waals surface area contributed by atoms with Crippen molar-refractivity contribution in [1.29, 1.82) is 0 Å². The maximum absolute atomic E-state index is 13.2. The lowest BCUT2D eigenvalue weighted by Crippen LogP contribution is -2.40. The third kappa shape index (κ3) is 3.42. The summed E-state index contributed by atoms with van der Waals surface area (Å²) in [7, 11) is 0. The molecule has 0 saturated carbocycles. The molecule has 0 bridgehead atoms. The molecule has 2 aliphatic heterocycles. The normalized spacial score (nSPS) is 20.9. The van der Waals surface area contributed by atoms with E-state index in [-0.39, 0.29) is 12.5 Å². The highest BCUT2D eigenvalue weighted by atomic mass is 35.5. The van der Waals surface area contributed by atoms with Crippen LogP contribution in [0.5, 0.6) is 11.5 Å². The second kappa shape index (κ2) is 7.26. The van der Waals surface area contributed by atoms with Gasteiger partial charge in [-0.25, -0.2) is 4.79 Å². The number of nitrogens with zero attached hydrogens (tertiary/aromatic N) is 1. The summed E-state index contributed by atoms with van der Waals surface area (Å²) in [4.78, 5) is 27.0. The Labute approximate surface area is 174 Å². The molecule has 2 aromatic rings. The number of rotatable bonds is 4. The average molecular weight is 415 g/mol. The Morgan fingerprint density at radius 3 is 2.52 bits per heavy atom. The van der Waals surface area contributed by atoms with Crippen LogP contribution in [0, 0.1) is 0 Å². The Morgan fingerprint density at radius 1 is 1.14 bits per heavy atom. The summed E-state index contributed by atoms with van der Waals surface area (Å²) in [6.45, 7) is 6.92. The highest BCUT2D eigenvalue weighted by molar-refractivity contribution is 6.32. The van der Waals surface area contributed by atoms with Gasteiger partial charge in [0.05, 0.1) is 11.6 Å². The van der Waals surface area contributed by atoms with Gasteiger partial charge in [0.2, 0.25) is 0 Å². The van der Waals surface area contributed by atoms with Crippen LogP contribution in [0.25, 0.3) is 0 Å². The zero-order valence-electron chi connectivity index (χ0n) is 16.6. The van der Waals surface area contributed by atoms with Crippen molar-refractivity contribution < 1.29 is 19.1 Å². The van der Waals surface area contributed by atoms with Crippen molar-refractivity contribution in [1.82, 2.24) is 10.2 Å². The number of amides is 3. The van der Waals surface area contributed by atoms with Gasteiger partial charge in [-0.05, 0) is 41.7 Å². The lowest BCUT2D eigenvalue weighted by molar-refractivity contribution is -0.131. The fraction of sp³-hybridized carbons (Fsp3) is 0.364. The maximum Gasteiger partial charge on any atom is 0.325 e. The summed E-state index contributed by atoms with van der Waals surface area (Å²) < 4.78 is 11.1. The van der Waals surface area contributed by atoms with Gasteiger partial charge in [0.25, 0.3) is 5.91 Å². The third-order valence-electron chi connectivity index (χ3n) is 5.43. The largest absolute Gasteiger partial charge is 0.486 e. The minimum Gasteiger partial charge on any atom is -0.486 e. The fourth-order valence-electron chi connectivity index (χ4n) is 3.68. The summed E-state index contributed by atoms with van der Waals surface area (Å²) in [6.07, 6.45) is 0. The van der Waals surface area contributed by atoms with E-state index in [2.05, 4.69) is 19.2 Å². The summed E-state index contributed by atoms with van der Waals surface area (Å²) in [5.41, 5.74) is 1.52. The molecule has 2 heterocycles. The molecule has 1 saturated heterocycles. The average Bonchev–Trinajstić information content (AvgIpc) is 2.92. The number of halogens is 1. The van der Waals surface area contributed by atoms with Gasteiger partial charge in [0.15, 0.2) is 11.5 Å². The molecule has 0 unspecified atom stereocenters. The topological polar surface area (TPSA) is 67.9 Å². The molecule has 3 amide bonds. The second-order valence-electron chi connectivity index (χ2n) is 7.82. The molecule has 1 atom stereocenters. The van der Waals surface area contributed by atoms with Crippen molar-refractivity contribution in [2.75, 3.05) is 13.2 Å². The Kier molecular flexibility index (Phi) is 4.90. The van der Waals surface area contributed by atoms with Crippen molar-refractivity contribution in [3.8, 4) is 11.5 Å². The van der Waals surface area contributed by atoms with E-state index in [1.807, 2.05) is 24.3 Å². The molecule has 4 rings (SSSR count). The first kappa shape index (κ1) is 19.6. The minimum atomic E-state index is -1.11. The molecule has 0 radical (unpaired) electrons. The Hall–Kier alpha value is -2.73. The van der Waals surface area contributed by atoms with Gasteiger partial charge in [-0.15, -0.1) is 0 Å². The van der Waals surface area contributed by atoms with E-state index in [9.17, 15) is 9.59 Å². The summed E-state index contributed by atoms with van der Waals surface area (Å²) in [5, 5.41) is 3.24. The SMILES string of the molecule is CC(C)c1ccc([C@]2(C)NC(=O)N(Cc3cc(Cl)c4c(c3)OCCO4)C2=O)cc1. The van der Waals surface area contributed by atoms with Crippen molar-refractivity contribution in [3.63, 3.8) is 0 Å². The summed E-state index contributed by atoms with van der Waals surface area (Å²) >= 11 is 6.29. The molecular weight excluding hydrogens is 392 g/mol. The smallest absolute Gasteiger partial charge is 0.325 e. The monoisotopic (exact) mass is 414 g/mol. The van der Waals surface area contributed by atoms with E-state index in [1.54, 1.807) is 19.1 Å². The van der Waals surface area contributed by atoms with Crippen molar-refractivity contribution in [2.45, 2.75) is 38.8 Å². The van der Waals surface area contributed by atoms with E-state index < -0.39 is 11.6 Å². The zero-order valence-corrected chi connectivity index (χ0v) is 17.4. The van der Waals surface area contributed by atoms with E-state index in [0.717, 1.165) is 5.56 Å². The molecule has 0 spiro atoms. The molecule has 152 valence electrons. The number of imide groups is 1. The predicted octanol–water partition coefficient (Wildman–Crippen LogP) is 4.20. The highest BCUT2D eigenvalue weighted by Gasteiger charge is 2.48. The molecule has 0 aliphatic carbocycles. The minimum absolute atomic E-state index is 0.0979. The molecule has 6 nitrogen and oxygen atoms in total. The lowest BCUT2D eigenvalue weighted by atomic mass is 9.90.